The Hall–Kier alpha value is -1.88. The first-order chi connectivity index (χ1) is 10.1. The second-order valence-electron chi connectivity index (χ2n) is 5.61. The fourth-order valence-corrected chi connectivity index (χ4v) is 2.76. The standard InChI is InChI=1S/C16H22N2O3/c1-2-16(8-9-17-11-16)15(21)18-13(14(19)20)10-12-6-4-3-5-7-12/h3-7,13,17H,2,8-11H2,1H3,(H,18,21)(H,19,20)/t13-,16?/m0/s1. The van der Waals surface area contributed by atoms with Crippen molar-refractivity contribution in [3.05, 3.63) is 35.9 Å². The van der Waals surface area contributed by atoms with Crippen molar-refractivity contribution in [2.24, 2.45) is 5.41 Å². The third-order valence-electron chi connectivity index (χ3n) is 4.29. The molecule has 0 spiro atoms. The lowest BCUT2D eigenvalue weighted by molar-refractivity contribution is -0.143. The van der Waals surface area contributed by atoms with Crippen molar-refractivity contribution in [1.82, 2.24) is 10.6 Å². The van der Waals surface area contributed by atoms with Crippen molar-refractivity contribution >= 4 is 11.9 Å². The Morgan fingerprint density at radius 1 is 1.38 bits per heavy atom. The number of hydrogen-bond acceptors (Lipinski definition) is 3. The first-order valence-corrected chi connectivity index (χ1v) is 7.36. The van der Waals surface area contributed by atoms with Crippen molar-refractivity contribution in [3.63, 3.8) is 0 Å². The Bertz CT molecular complexity index is 496. The predicted octanol–water partition coefficient (Wildman–Crippen LogP) is 1.19. The molecule has 1 aromatic carbocycles. The van der Waals surface area contributed by atoms with Crippen molar-refractivity contribution in [2.45, 2.75) is 32.2 Å². The number of aliphatic carboxylic acids is 1. The molecule has 0 saturated carbocycles. The fraction of sp³-hybridized carbons (Fsp3) is 0.500. The van der Waals surface area contributed by atoms with Crippen molar-refractivity contribution < 1.29 is 14.7 Å². The van der Waals surface area contributed by atoms with Crippen LogP contribution in [0.2, 0.25) is 0 Å². The number of nitrogens with one attached hydrogen (secondary N) is 2. The zero-order valence-electron chi connectivity index (χ0n) is 12.3. The summed E-state index contributed by atoms with van der Waals surface area (Å²) in [5.74, 6) is -1.15. The van der Waals surface area contributed by atoms with Crippen molar-refractivity contribution in [2.75, 3.05) is 13.1 Å². The van der Waals surface area contributed by atoms with Gasteiger partial charge in [-0.25, -0.2) is 4.79 Å². The lowest BCUT2D eigenvalue weighted by atomic mass is 9.83. The lowest BCUT2D eigenvalue weighted by Crippen LogP contribution is -2.50. The van der Waals surface area contributed by atoms with Crippen molar-refractivity contribution in [1.29, 1.82) is 0 Å². The molecule has 21 heavy (non-hydrogen) atoms. The quantitative estimate of drug-likeness (QED) is 0.735. The van der Waals surface area contributed by atoms with E-state index in [2.05, 4.69) is 10.6 Å². The molecule has 1 heterocycles. The van der Waals surface area contributed by atoms with Gasteiger partial charge in [0.25, 0.3) is 0 Å². The van der Waals surface area contributed by atoms with E-state index in [-0.39, 0.29) is 5.91 Å². The smallest absolute Gasteiger partial charge is 0.326 e. The highest BCUT2D eigenvalue weighted by molar-refractivity contribution is 5.88. The Labute approximate surface area is 124 Å². The first-order valence-electron chi connectivity index (χ1n) is 7.36. The number of carboxylic acids is 1. The topological polar surface area (TPSA) is 78.4 Å². The van der Waals surface area contributed by atoms with Gasteiger partial charge in [0, 0.05) is 13.0 Å². The van der Waals surface area contributed by atoms with E-state index in [4.69, 9.17) is 0 Å². The van der Waals surface area contributed by atoms with Gasteiger partial charge in [0.2, 0.25) is 5.91 Å². The summed E-state index contributed by atoms with van der Waals surface area (Å²) in [6, 6.07) is 8.47. The van der Waals surface area contributed by atoms with Gasteiger partial charge >= 0.3 is 5.97 Å². The van der Waals surface area contributed by atoms with Gasteiger partial charge in [-0.1, -0.05) is 37.3 Å². The van der Waals surface area contributed by atoms with Gasteiger partial charge in [0.1, 0.15) is 6.04 Å². The minimum Gasteiger partial charge on any atom is -0.480 e. The molecule has 114 valence electrons. The monoisotopic (exact) mass is 290 g/mol. The molecule has 3 N–H and O–H groups in total. The summed E-state index contributed by atoms with van der Waals surface area (Å²) in [6.07, 6.45) is 1.77. The minimum absolute atomic E-state index is 0.154. The highest BCUT2D eigenvalue weighted by atomic mass is 16.4. The average Bonchev–Trinajstić information content (AvgIpc) is 2.97. The van der Waals surface area contributed by atoms with Gasteiger partial charge in [-0.3, -0.25) is 4.79 Å². The van der Waals surface area contributed by atoms with Crippen molar-refractivity contribution in [3.8, 4) is 0 Å². The molecule has 0 bridgehead atoms. The number of hydrogen-bond donors (Lipinski definition) is 3. The number of rotatable bonds is 6. The molecule has 1 unspecified atom stereocenters. The Morgan fingerprint density at radius 2 is 2.10 bits per heavy atom. The highest BCUT2D eigenvalue weighted by Gasteiger charge is 2.40. The number of carbonyl (C=O) groups is 2. The highest BCUT2D eigenvalue weighted by Crippen LogP contribution is 2.29. The summed E-state index contributed by atoms with van der Waals surface area (Å²) in [6.45, 7) is 3.39. The van der Waals surface area contributed by atoms with Crippen LogP contribution in [-0.4, -0.2) is 36.1 Å². The molecule has 2 rings (SSSR count). The van der Waals surface area contributed by atoms with E-state index >= 15 is 0 Å². The maximum Gasteiger partial charge on any atom is 0.326 e. The average molecular weight is 290 g/mol. The van der Waals surface area contributed by atoms with Crippen LogP contribution in [0.5, 0.6) is 0 Å². The van der Waals surface area contributed by atoms with Crippen LogP contribution < -0.4 is 10.6 Å². The van der Waals surface area contributed by atoms with Crippen LogP contribution in [0.3, 0.4) is 0 Å². The summed E-state index contributed by atoms with van der Waals surface area (Å²) in [5, 5.41) is 15.3. The molecule has 2 atom stereocenters. The molecular formula is C16H22N2O3. The van der Waals surface area contributed by atoms with E-state index < -0.39 is 17.4 Å². The van der Waals surface area contributed by atoms with Gasteiger partial charge in [0.15, 0.2) is 0 Å². The summed E-state index contributed by atoms with van der Waals surface area (Å²) in [4.78, 5) is 23.9. The van der Waals surface area contributed by atoms with Gasteiger partial charge in [-0.05, 0) is 24.9 Å². The second-order valence-corrected chi connectivity index (χ2v) is 5.61. The normalized spacial score (nSPS) is 22.7. The zero-order valence-corrected chi connectivity index (χ0v) is 12.3. The molecule has 5 heteroatoms. The summed E-state index contributed by atoms with van der Waals surface area (Å²) >= 11 is 0. The van der Waals surface area contributed by atoms with Crippen LogP contribution in [0.1, 0.15) is 25.3 Å². The van der Waals surface area contributed by atoms with Crippen LogP contribution in [-0.2, 0) is 16.0 Å². The SMILES string of the molecule is CCC1(C(=O)N[C@@H](Cc2ccccc2)C(=O)O)CCNC1. The molecule has 1 aliphatic rings. The molecule has 1 saturated heterocycles. The van der Waals surface area contributed by atoms with Gasteiger partial charge in [0.05, 0.1) is 5.41 Å². The van der Waals surface area contributed by atoms with E-state index in [1.54, 1.807) is 0 Å². The number of carboxylic acid groups (broad SMARTS) is 1. The first kappa shape index (κ1) is 15.5. The molecule has 0 aliphatic carbocycles. The summed E-state index contributed by atoms with van der Waals surface area (Å²) < 4.78 is 0. The third kappa shape index (κ3) is 3.61. The molecule has 1 fully saturated rings. The minimum atomic E-state index is -0.996. The van der Waals surface area contributed by atoms with Crippen LogP contribution in [0.25, 0.3) is 0 Å². The van der Waals surface area contributed by atoms with E-state index in [1.807, 2.05) is 37.3 Å². The summed E-state index contributed by atoms with van der Waals surface area (Å²) in [5.41, 5.74) is 0.435. The van der Waals surface area contributed by atoms with Gasteiger partial charge < -0.3 is 15.7 Å². The molecular weight excluding hydrogens is 268 g/mol. The molecule has 1 amide bonds. The van der Waals surface area contributed by atoms with E-state index in [0.29, 0.717) is 19.4 Å². The van der Waals surface area contributed by atoms with Crippen LogP contribution in [0.4, 0.5) is 0 Å². The summed E-state index contributed by atoms with van der Waals surface area (Å²) in [7, 11) is 0. The largest absolute Gasteiger partial charge is 0.480 e. The van der Waals surface area contributed by atoms with E-state index in [1.165, 1.54) is 0 Å². The van der Waals surface area contributed by atoms with Gasteiger partial charge in [-0.2, -0.15) is 0 Å². The van der Waals surface area contributed by atoms with Crippen LogP contribution in [0, 0.1) is 5.41 Å². The molecule has 1 aliphatic heterocycles. The number of amides is 1. The molecule has 0 aromatic heterocycles. The fourth-order valence-electron chi connectivity index (χ4n) is 2.76. The van der Waals surface area contributed by atoms with E-state index in [9.17, 15) is 14.7 Å². The molecule has 1 aromatic rings. The Kier molecular flexibility index (Phi) is 4.96. The lowest BCUT2D eigenvalue weighted by Gasteiger charge is -2.27. The van der Waals surface area contributed by atoms with Gasteiger partial charge in [-0.15, -0.1) is 0 Å². The maximum absolute atomic E-state index is 12.5. The third-order valence-corrected chi connectivity index (χ3v) is 4.29. The second kappa shape index (κ2) is 6.72. The maximum atomic E-state index is 12.5. The van der Waals surface area contributed by atoms with Crippen LogP contribution in [0.15, 0.2) is 30.3 Å². The number of carbonyl (C=O) groups excluding carboxylic acids is 1. The zero-order chi connectivity index (χ0) is 15.3. The number of benzene rings is 1. The molecule has 0 radical (unpaired) electrons. The van der Waals surface area contributed by atoms with E-state index in [0.717, 1.165) is 18.5 Å². The molecule has 5 nitrogen and oxygen atoms in total. The Morgan fingerprint density at radius 3 is 2.62 bits per heavy atom. The predicted molar refractivity (Wildman–Crippen MR) is 79.9 cm³/mol. The Balaban J connectivity index is 2.06. The van der Waals surface area contributed by atoms with Crippen LogP contribution >= 0.6 is 0 Å².